The fourth-order valence-electron chi connectivity index (χ4n) is 2.64. The van der Waals surface area contributed by atoms with Crippen molar-refractivity contribution in [1.29, 1.82) is 0 Å². The maximum Gasteiger partial charge on any atom is 0.0836 e. The van der Waals surface area contributed by atoms with Crippen molar-refractivity contribution in [2.24, 2.45) is 0 Å². The van der Waals surface area contributed by atoms with Gasteiger partial charge in [-0.15, -0.1) is 0 Å². The molecule has 0 bridgehead atoms. The Balaban J connectivity index is 2.37. The van der Waals surface area contributed by atoms with E-state index in [4.69, 9.17) is 4.74 Å². The fraction of sp³-hybridized carbons (Fsp3) is 0.412. The second-order valence-corrected chi connectivity index (χ2v) is 4.86. The van der Waals surface area contributed by atoms with E-state index in [-0.39, 0.29) is 18.8 Å². The first kappa shape index (κ1) is 14.0. The van der Waals surface area contributed by atoms with Crippen LogP contribution in [0, 0.1) is 0 Å². The van der Waals surface area contributed by atoms with Gasteiger partial charge in [-0.1, -0.05) is 42.5 Å². The van der Waals surface area contributed by atoms with Crippen LogP contribution in [-0.2, 0) is 4.74 Å². The van der Waals surface area contributed by atoms with Crippen molar-refractivity contribution in [2.75, 3.05) is 6.61 Å². The van der Waals surface area contributed by atoms with Gasteiger partial charge in [0.15, 0.2) is 0 Å². The van der Waals surface area contributed by atoms with Gasteiger partial charge in [0.05, 0.1) is 18.8 Å². The molecule has 1 heterocycles. The number of hydrogen-bond donors (Lipinski definition) is 1. The minimum Gasteiger partial charge on any atom is -0.394 e. The molecule has 1 aliphatic heterocycles. The summed E-state index contributed by atoms with van der Waals surface area (Å²) in [5, 5.41) is 9.19. The van der Waals surface area contributed by atoms with Crippen molar-refractivity contribution in [2.45, 2.75) is 38.9 Å². The third-order valence-electron chi connectivity index (χ3n) is 3.51. The highest BCUT2D eigenvalue weighted by molar-refractivity contribution is 5.68. The molecule has 2 nitrogen and oxygen atoms in total. The predicted octanol–water partition coefficient (Wildman–Crippen LogP) is 3.97. The summed E-state index contributed by atoms with van der Waals surface area (Å²) in [4.78, 5) is 0. The van der Waals surface area contributed by atoms with E-state index in [0.717, 1.165) is 12.8 Å². The van der Waals surface area contributed by atoms with E-state index in [1.54, 1.807) is 0 Å². The highest BCUT2D eigenvalue weighted by Crippen LogP contribution is 2.36. The van der Waals surface area contributed by atoms with E-state index >= 15 is 0 Å². The molecule has 102 valence electrons. The van der Waals surface area contributed by atoms with Gasteiger partial charge in [-0.05, 0) is 43.4 Å². The third kappa shape index (κ3) is 3.14. The quantitative estimate of drug-likeness (QED) is 0.885. The molecule has 0 aliphatic carbocycles. The molecule has 0 radical (unpaired) electrons. The summed E-state index contributed by atoms with van der Waals surface area (Å²) in [6.07, 6.45) is 10.4. The summed E-state index contributed by atoms with van der Waals surface area (Å²) in [5.41, 5.74) is 3.67. The smallest absolute Gasteiger partial charge is 0.0836 e. The van der Waals surface area contributed by atoms with E-state index in [9.17, 15) is 5.11 Å². The molecule has 2 rings (SSSR count). The lowest BCUT2D eigenvalue weighted by Crippen LogP contribution is -2.11. The Morgan fingerprint density at radius 3 is 2.63 bits per heavy atom. The lowest BCUT2D eigenvalue weighted by atomic mass is 9.95. The van der Waals surface area contributed by atoms with Gasteiger partial charge in [0.25, 0.3) is 0 Å². The average Bonchev–Trinajstić information content (AvgIpc) is 2.90. The predicted molar refractivity (Wildman–Crippen MR) is 79.8 cm³/mol. The number of aliphatic hydroxyl groups excluding tert-OH is 1. The van der Waals surface area contributed by atoms with Crippen molar-refractivity contribution in [3.8, 4) is 0 Å². The zero-order valence-electron chi connectivity index (χ0n) is 11.7. The Kier molecular flexibility index (Phi) is 4.94. The minimum atomic E-state index is -0.00571. The summed E-state index contributed by atoms with van der Waals surface area (Å²) >= 11 is 0. The van der Waals surface area contributed by atoms with Crippen LogP contribution in [0.3, 0.4) is 0 Å². The maximum absolute atomic E-state index is 9.19. The lowest BCUT2D eigenvalue weighted by Gasteiger charge is -2.17. The summed E-state index contributed by atoms with van der Waals surface area (Å²) in [6, 6.07) is 6.33. The zero-order chi connectivity index (χ0) is 13.7. The Morgan fingerprint density at radius 2 is 2.00 bits per heavy atom. The van der Waals surface area contributed by atoms with E-state index < -0.39 is 0 Å². The van der Waals surface area contributed by atoms with Gasteiger partial charge in [0, 0.05) is 0 Å². The van der Waals surface area contributed by atoms with Crippen molar-refractivity contribution in [3.05, 3.63) is 47.0 Å². The molecule has 19 heavy (non-hydrogen) atoms. The van der Waals surface area contributed by atoms with Crippen LogP contribution >= 0.6 is 0 Å². The Bertz CT molecular complexity index is 474. The molecular weight excluding hydrogens is 236 g/mol. The largest absolute Gasteiger partial charge is 0.394 e. The molecule has 1 fully saturated rings. The van der Waals surface area contributed by atoms with E-state index in [0.29, 0.717) is 0 Å². The normalized spacial score (nSPS) is 23.7. The summed E-state index contributed by atoms with van der Waals surface area (Å²) < 4.78 is 5.91. The first-order valence-electron chi connectivity index (χ1n) is 6.94. The van der Waals surface area contributed by atoms with Gasteiger partial charge in [0.2, 0.25) is 0 Å². The molecule has 2 atom stereocenters. The van der Waals surface area contributed by atoms with Crippen LogP contribution in [0.2, 0.25) is 0 Å². The zero-order valence-corrected chi connectivity index (χ0v) is 11.7. The SMILES string of the molecule is C/C=C\c1cccc(C2CCC(CO)O2)c1/C=C\C. The monoisotopic (exact) mass is 258 g/mol. The Morgan fingerprint density at radius 1 is 1.21 bits per heavy atom. The second-order valence-electron chi connectivity index (χ2n) is 4.86. The number of benzene rings is 1. The van der Waals surface area contributed by atoms with Crippen molar-refractivity contribution >= 4 is 12.2 Å². The minimum absolute atomic E-state index is 0.00571. The topological polar surface area (TPSA) is 29.5 Å². The molecular formula is C17H22O2. The molecule has 1 saturated heterocycles. The maximum atomic E-state index is 9.19. The molecule has 0 aromatic heterocycles. The molecule has 1 aromatic carbocycles. The van der Waals surface area contributed by atoms with Crippen LogP contribution in [0.25, 0.3) is 12.2 Å². The van der Waals surface area contributed by atoms with Crippen molar-refractivity contribution < 1.29 is 9.84 Å². The highest BCUT2D eigenvalue weighted by atomic mass is 16.5. The van der Waals surface area contributed by atoms with Crippen molar-refractivity contribution in [1.82, 2.24) is 0 Å². The number of aliphatic hydroxyl groups is 1. The third-order valence-corrected chi connectivity index (χ3v) is 3.51. The Hall–Kier alpha value is -1.38. The van der Waals surface area contributed by atoms with E-state index in [1.165, 1.54) is 16.7 Å². The average molecular weight is 258 g/mol. The van der Waals surface area contributed by atoms with Crippen LogP contribution in [0.5, 0.6) is 0 Å². The number of rotatable bonds is 4. The molecule has 0 spiro atoms. The highest BCUT2D eigenvalue weighted by Gasteiger charge is 2.27. The fourth-order valence-corrected chi connectivity index (χ4v) is 2.64. The summed E-state index contributed by atoms with van der Waals surface area (Å²) in [6.45, 7) is 4.17. The van der Waals surface area contributed by atoms with Gasteiger partial charge in [0.1, 0.15) is 0 Å². The van der Waals surface area contributed by atoms with E-state index in [1.807, 2.05) is 13.8 Å². The van der Waals surface area contributed by atoms with Crippen LogP contribution in [0.4, 0.5) is 0 Å². The van der Waals surface area contributed by atoms with Crippen LogP contribution in [-0.4, -0.2) is 17.8 Å². The molecule has 1 aromatic rings. The number of hydrogen-bond acceptors (Lipinski definition) is 2. The van der Waals surface area contributed by atoms with Gasteiger partial charge in [-0.2, -0.15) is 0 Å². The number of ether oxygens (including phenoxy) is 1. The summed E-state index contributed by atoms with van der Waals surface area (Å²) in [5.74, 6) is 0. The molecule has 0 saturated carbocycles. The van der Waals surface area contributed by atoms with Crippen molar-refractivity contribution in [3.63, 3.8) is 0 Å². The summed E-state index contributed by atoms with van der Waals surface area (Å²) in [7, 11) is 0. The standard InChI is InChI=1S/C17H22O2/c1-3-6-13-8-5-9-16(15(13)7-4-2)17-11-10-14(12-18)19-17/h3-9,14,17-18H,10-12H2,1-2H3/b6-3-,7-4-. The van der Waals surface area contributed by atoms with E-state index in [2.05, 4.69) is 42.5 Å². The van der Waals surface area contributed by atoms with Crippen LogP contribution in [0.15, 0.2) is 30.4 Å². The second kappa shape index (κ2) is 6.69. The van der Waals surface area contributed by atoms with Gasteiger partial charge < -0.3 is 9.84 Å². The lowest BCUT2D eigenvalue weighted by molar-refractivity contribution is 0.0109. The molecule has 1 aliphatic rings. The molecule has 0 amide bonds. The molecule has 2 heteroatoms. The van der Waals surface area contributed by atoms with Crippen LogP contribution < -0.4 is 0 Å². The molecule has 2 unspecified atom stereocenters. The first-order chi connectivity index (χ1) is 9.30. The van der Waals surface area contributed by atoms with Gasteiger partial charge >= 0.3 is 0 Å². The van der Waals surface area contributed by atoms with Gasteiger partial charge in [-0.25, -0.2) is 0 Å². The Labute approximate surface area is 115 Å². The van der Waals surface area contributed by atoms with Crippen LogP contribution in [0.1, 0.15) is 49.5 Å². The first-order valence-corrected chi connectivity index (χ1v) is 6.94. The molecule has 1 N–H and O–H groups in total. The number of allylic oxidation sites excluding steroid dienone is 2. The van der Waals surface area contributed by atoms with Gasteiger partial charge in [-0.3, -0.25) is 0 Å².